The number of amides is 1. The van der Waals surface area contributed by atoms with Crippen LogP contribution in [0.1, 0.15) is 35.7 Å². The lowest BCUT2D eigenvalue weighted by molar-refractivity contribution is 0.0951. The van der Waals surface area contributed by atoms with E-state index in [2.05, 4.69) is 17.2 Å². The van der Waals surface area contributed by atoms with E-state index in [-0.39, 0.29) is 10.8 Å². The normalized spacial score (nSPS) is 16.3. The zero-order chi connectivity index (χ0) is 18.6. The Kier molecular flexibility index (Phi) is 5.68. The van der Waals surface area contributed by atoms with Crippen LogP contribution in [0.5, 0.6) is 0 Å². The van der Waals surface area contributed by atoms with Gasteiger partial charge in [0.05, 0.1) is 4.90 Å². The predicted octanol–water partition coefficient (Wildman–Crippen LogP) is 2.43. The van der Waals surface area contributed by atoms with Crippen LogP contribution in [0.4, 0.5) is 0 Å². The van der Waals surface area contributed by atoms with Gasteiger partial charge in [-0.15, -0.1) is 0 Å². The molecule has 2 aromatic rings. The summed E-state index contributed by atoms with van der Waals surface area (Å²) in [5.41, 5.74) is 1.39. The SMILES string of the molecule is CC1CCN(S(=O)(=O)c2ccc(C(=O)NCc3ccncc3)cc2)CC1. The number of carbonyl (C=O) groups is 1. The lowest BCUT2D eigenvalue weighted by atomic mass is 10.0. The molecule has 1 aromatic heterocycles. The Morgan fingerprint density at radius 2 is 1.73 bits per heavy atom. The fourth-order valence-corrected chi connectivity index (χ4v) is 4.41. The molecule has 1 N–H and O–H groups in total. The van der Waals surface area contributed by atoms with Crippen LogP contribution in [-0.4, -0.2) is 36.7 Å². The molecule has 1 amide bonds. The summed E-state index contributed by atoms with van der Waals surface area (Å²) in [5, 5.41) is 2.82. The minimum atomic E-state index is -3.49. The molecule has 1 aliphatic rings. The smallest absolute Gasteiger partial charge is 0.251 e. The first kappa shape index (κ1) is 18.5. The highest BCUT2D eigenvalue weighted by atomic mass is 32.2. The van der Waals surface area contributed by atoms with Crippen LogP contribution in [0.15, 0.2) is 53.7 Å². The quantitative estimate of drug-likeness (QED) is 0.873. The molecule has 0 atom stereocenters. The molecular weight excluding hydrogens is 350 g/mol. The number of nitrogens with zero attached hydrogens (tertiary/aromatic N) is 2. The second kappa shape index (κ2) is 7.97. The molecule has 1 saturated heterocycles. The highest BCUT2D eigenvalue weighted by molar-refractivity contribution is 7.89. The van der Waals surface area contributed by atoms with Crippen molar-refractivity contribution in [2.75, 3.05) is 13.1 Å². The number of benzene rings is 1. The van der Waals surface area contributed by atoms with Gasteiger partial charge < -0.3 is 5.32 Å². The van der Waals surface area contributed by atoms with Crippen LogP contribution in [0, 0.1) is 5.92 Å². The molecule has 7 heteroatoms. The summed E-state index contributed by atoms with van der Waals surface area (Å²) < 4.78 is 26.9. The first-order chi connectivity index (χ1) is 12.5. The number of nitrogens with one attached hydrogen (secondary N) is 1. The second-order valence-corrected chi connectivity index (χ2v) is 8.59. The van der Waals surface area contributed by atoms with Crippen LogP contribution >= 0.6 is 0 Å². The monoisotopic (exact) mass is 373 g/mol. The van der Waals surface area contributed by atoms with Gasteiger partial charge in [-0.2, -0.15) is 4.31 Å². The summed E-state index contributed by atoms with van der Waals surface area (Å²) in [6, 6.07) is 9.79. The summed E-state index contributed by atoms with van der Waals surface area (Å²) in [6.07, 6.45) is 5.11. The van der Waals surface area contributed by atoms with E-state index in [0.717, 1.165) is 18.4 Å². The first-order valence-corrected chi connectivity index (χ1v) is 10.2. The lowest BCUT2D eigenvalue weighted by Crippen LogP contribution is -2.37. The van der Waals surface area contributed by atoms with Crippen molar-refractivity contribution in [1.29, 1.82) is 0 Å². The average molecular weight is 373 g/mol. The van der Waals surface area contributed by atoms with Crippen molar-refractivity contribution in [3.05, 3.63) is 59.9 Å². The Balaban J connectivity index is 1.65. The standard InChI is InChI=1S/C19H23N3O3S/c1-15-8-12-22(13-9-15)26(24,25)18-4-2-17(3-5-18)19(23)21-14-16-6-10-20-11-7-16/h2-7,10-11,15H,8-9,12-14H2,1H3,(H,21,23). The largest absolute Gasteiger partial charge is 0.348 e. The maximum Gasteiger partial charge on any atom is 0.251 e. The molecule has 0 unspecified atom stereocenters. The van der Waals surface area contributed by atoms with Crippen molar-refractivity contribution in [1.82, 2.24) is 14.6 Å². The molecule has 0 bridgehead atoms. The number of sulfonamides is 1. The number of pyridine rings is 1. The summed E-state index contributed by atoms with van der Waals surface area (Å²) >= 11 is 0. The molecule has 1 aliphatic heterocycles. The number of hydrogen-bond acceptors (Lipinski definition) is 4. The van der Waals surface area contributed by atoms with E-state index in [1.165, 1.54) is 16.4 Å². The minimum absolute atomic E-state index is 0.234. The van der Waals surface area contributed by atoms with Gasteiger partial charge >= 0.3 is 0 Å². The summed E-state index contributed by atoms with van der Waals surface area (Å²) in [4.78, 5) is 16.4. The number of aromatic nitrogens is 1. The molecular formula is C19H23N3O3S. The average Bonchev–Trinajstić information content (AvgIpc) is 2.67. The first-order valence-electron chi connectivity index (χ1n) is 8.74. The van der Waals surface area contributed by atoms with Gasteiger partial charge in [0, 0.05) is 37.6 Å². The van der Waals surface area contributed by atoms with Gasteiger partial charge in [-0.3, -0.25) is 9.78 Å². The van der Waals surface area contributed by atoms with Crippen LogP contribution < -0.4 is 5.32 Å². The van der Waals surface area contributed by atoms with Crippen molar-refractivity contribution in [2.24, 2.45) is 5.92 Å². The van der Waals surface area contributed by atoms with Gasteiger partial charge in [-0.1, -0.05) is 6.92 Å². The molecule has 1 fully saturated rings. The Labute approximate surface area is 154 Å². The highest BCUT2D eigenvalue weighted by Gasteiger charge is 2.28. The molecule has 0 radical (unpaired) electrons. The van der Waals surface area contributed by atoms with Crippen molar-refractivity contribution < 1.29 is 13.2 Å². The van der Waals surface area contributed by atoms with E-state index in [4.69, 9.17) is 0 Å². The summed E-state index contributed by atoms with van der Waals surface area (Å²) in [5.74, 6) is 0.325. The van der Waals surface area contributed by atoms with Crippen LogP contribution in [0.25, 0.3) is 0 Å². The van der Waals surface area contributed by atoms with Crippen molar-refractivity contribution in [2.45, 2.75) is 31.2 Å². The van der Waals surface area contributed by atoms with E-state index in [1.54, 1.807) is 24.5 Å². The fourth-order valence-electron chi connectivity index (χ4n) is 2.94. The third-order valence-electron chi connectivity index (χ3n) is 4.70. The van der Waals surface area contributed by atoms with Gasteiger partial charge in [0.15, 0.2) is 0 Å². The van der Waals surface area contributed by atoms with Gasteiger partial charge in [-0.05, 0) is 60.7 Å². The molecule has 138 valence electrons. The van der Waals surface area contributed by atoms with E-state index in [9.17, 15) is 13.2 Å². The molecule has 0 saturated carbocycles. The van der Waals surface area contributed by atoms with E-state index < -0.39 is 10.0 Å². The van der Waals surface area contributed by atoms with E-state index >= 15 is 0 Å². The fraction of sp³-hybridized carbons (Fsp3) is 0.368. The van der Waals surface area contributed by atoms with Gasteiger partial charge in [0.1, 0.15) is 0 Å². The lowest BCUT2D eigenvalue weighted by Gasteiger charge is -2.29. The zero-order valence-corrected chi connectivity index (χ0v) is 15.6. The van der Waals surface area contributed by atoms with Gasteiger partial charge in [0.25, 0.3) is 5.91 Å². The number of hydrogen-bond donors (Lipinski definition) is 1. The third-order valence-corrected chi connectivity index (χ3v) is 6.61. The third kappa shape index (κ3) is 4.28. The molecule has 1 aromatic carbocycles. The number of rotatable bonds is 5. The van der Waals surface area contributed by atoms with E-state index in [0.29, 0.717) is 31.1 Å². The molecule has 0 aliphatic carbocycles. The Morgan fingerprint density at radius 3 is 2.35 bits per heavy atom. The van der Waals surface area contributed by atoms with Crippen LogP contribution in [0.3, 0.4) is 0 Å². The zero-order valence-electron chi connectivity index (χ0n) is 14.8. The van der Waals surface area contributed by atoms with Crippen molar-refractivity contribution >= 4 is 15.9 Å². The molecule has 0 spiro atoms. The Morgan fingerprint density at radius 1 is 1.12 bits per heavy atom. The number of piperidine rings is 1. The molecule has 3 rings (SSSR count). The summed E-state index contributed by atoms with van der Waals surface area (Å²) in [6.45, 7) is 3.64. The summed E-state index contributed by atoms with van der Waals surface area (Å²) in [7, 11) is -3.49. The molecule has 6 nitrogen and oxygen atoms in total. The second-order valence-electron chi connectivity index (χ2n) is 6.65. The highest BCUT2D eigenvalue weighted by Crippen LogP contribution is 2.23. The predicted molar refractivity (Wildman–Crippen MR) is 99.0 cm³/mol. The topological polar surface area (TPSA) is 79.4 Å². The van der Waals surface area contributed by atoms with Crippen LogP contribution in [0.2, 0.25) is 0 Å². The Bertz CT molecular complexity index is 843. The number of carbonyl (C=O) groups excluding carboxylic acids is 1. The molecule has 26 heavy (non-hydrogen) atoms. The van der Waals surface area contributed by atoms with Crippen LogP contribution in [-0.2, 0) is 16.6 Å². The van der Waals surface area contributed by atoms with Crippen molar-refractivity contribution in [3.63, 3.8) is 0 Å². The maximum atomic E-state index is 12.7. The van der Waals surface area contributed by atoms with Crippen molar-refractivity contribution in [3.8, 4) is 0 Å². The molecule has 2 heterocycles. The minimum Gasteiger partial charge on any atom is -0.348 e. The van der Waals surface area contributed by atoms with Gasteiger partial charge in [0.2, 0.25) is 10.0 Å². The Hall–Kier alpha value is -2.25. The van der Waals surface area contributed by atoms with Gasteiger partial charge in [-0.25, -0.2) is 8.42 Å². The maximum absolute atomic E-state index is 12.7. The van der Waals surface area contributed by atoms with E-state index in [1.807, 2.05) is 12.1 Å².